The second-order valence-corrected chi connectivity index (χ2v) is 11.3. The number of nitrogens with zero attached hydrogens (tertiary/aromatic N) is 4. The lowest BCUT2D eigenvalue weighted by Crippen LogP contribution is -2.67. The SMILES string of the molecule is CC(=O)N1C2CCC(C3CNN(CC(C)(C)C)C3)CC2N(C(=O)Oc2cccnc2)C[C@@H]1C. The predicted octanol–water partition coefficient (Wildman–Crippen LogP) is 3.15. The fourth-order valence-corrected chi connectivity index (χ4v) is 6.07. The second kappa shape index (κ2) is 9.58. The Morgan fingerprint density at radius 3 is 2.64 bits per heavy atom. The molecule has 3 aliphatic rings. The number of fused-ring (bicyclic) bond motifs is 1. The molecule has 2 saturated heterocycles. The monoisotopic (exact) mass is 457 g/mol. The zero-order valence-electron chi connectivity index (χ0n) is 20.7. The van der Waals surface area contributed by atoms with Crippen molar-refractivity contribution in [1.29, 1.82) is 0 Å². The molecule has 0 bridgehead atoms. The predicted molar refractivity (Wildman–Crippen MR) is 126 cm³/mol. The zero-order valence-corrected chi connectivity index (χ0v) is 20.7. The maximum absolute atomic E-state index is 13.2. The summed E-state index contributed by atoms with van der Waals surface area (Å²) in [4.78, 5) is 33.7. The van der Waals surface area contributed by atoms with Gasteiger partial charge in [-0.05, 0) is 55.6 Å². The first-order valence-corrected chi connectivity index (χ1v) is 12.3. The van der Waals surface area contributed by atoms with Crippen LogP contribution in [0.5, 0.6) is 5.75 Å². The largest absolute Gasteiger partial charge is 0.415 e. The summed E-state index contributed by atoms with van der Waals surface area (Å²) in [5.74, 6) is 1.61. The lowest BCUT2D eigenvalue weighted by atomic mass is 9.73. The molecule has 0 spiro atoms. The minimum Gasteiger partial charge on any atom is -0.409 e. The molecular weight excluding hydrogens is 418 g/mol. The third kappa shape index (κ3) is 5.49. The van der Waals surface area contributed by atoms with E-state index in [1.165, 1.54) is 0 Å². The number of aromatic nitrogens is 1. The van der Waals surface area contributed by atoms with Crippen LogP contribution in [0.3, 0.4) is 0 Å². The van der Waals surface area contributed by atoms with Crippen LogP contribution in [0.15, 0.2) is 24.5 Å². The Kier molecular flexibility index (Phi) is 6.96. The van der Waals surface area contributed by atoms with Crippen molar-refractivity contribution in [2.45, 2.75) is 72.0 Å². The Morgan fingerprint density at radius 2 is 1.97 bits per heavy atom. The van der Waals surface area contributed by atoms with Gasteiger partial charge in [-0.15, -0.1) is 0 Å². The molecule has 4 rings (SSSR count). The Bertz CT molecular complexity index is 842. The van der Waals surface area contributed by atoms with E-state index in [0.29, 0.717) is 24.1 Å². The van der Waals surface area contributed by atoms with Crippen molar-refractivity contribution in [1.82, 2.24) is 25.2 Å². The Morgan fingerprint density at radius 1 is 1.18 bits per heavy atom. The average Bonchev–Trinajstić information content (AvgIpc) is 3.20. The molecule has 182 valence electrons. The minimum absolute atomic E-state index is 0.0234. The van der Waals surface area contributed by atoms with Crippen LogP contribution in [-0.2, 0) is 4.79 Å². The van der Waals surface area contributed by atoms with Gasteiger partial charge in [0, 0.05) is 45.3 Å². The number of carbonyl (C=O) groups is 2. The number of amides is 2. The number of carbonyl (C=O) groups excluding carboxylic acids is 2. The van der Waals surface area contributed by atoms with Gasteiger partial charge in [0.15, 0.2) is 5.75 Å². The van der Waals surface area contributed by atoms with Gasteiger partial charge in [-0.25, -0.2) is 9.80 Å². The van der Waals surface area contributed by atoms with Crippen molar-refractivity contribution in [3.63, 3.8) is 0 Å². The lowest BCUT2D eigenvalue weighted by molar-refractivity contribution is -0.142. The molecule has 1 aliphatic carbocycles. The molecule has 33 heavy (non-hydrogen) atoms. The fraction of sp³-hybridized carbons (Fsp3) is 0.720. The summed E-state index contributed by atoms with van der Waals surface area (Å²) < 4.78 is 5.68. The van der Waals surface area contributed by atoms with Crippen LogP contribution >= 0.6 is 0 Å². The number of hydrogen-bond donors (Lipinski definition) is 1. The van der Waals surface area contributed by atoms with E-state index in [1.807, 2.05) is 16.7 Å². The van der Waals surface area contributed by atoms with Gasteiger partial charge < -0.3 is 14.5 Å². The summed E-state index contributed by atoms with van der Waals surface area (Å²) in [6.07, 6.45) is 5.78. The molecule has 4 unspecified atom stereocenters. The average molecular weight is 458 g/mol. The van der Waals surface area contributed by atoms with Crippen molar-refractivity contribution in [2.75, 3.05) is 26.2 Å². The quantitative estimate of drug-likeness (QED) is 0.751. The van der Waals surface area contributed by atoms with Gasteiger partial charge in [-0.1, -0.05) is 20.8 Å². The zero-order chi connectivity index (χ0) is 23.8. The number of ether oxygens (including phenoxy) is 1. The van der Waals surface area contributed by atoms with E-state index >= 15 is 0 Å². The smallest absolute Gasteiger partial charge is 0.409 e. The van der Waals surface area contributed by atoms with Crippen molar-refractivity contribution in [3.8, 4) is 5.75 Å². The summed E-state index contributed by atoms with van der Waals surface area (Å²) in [6.45, 7) is 14.0. The fourth-order valence-electron chi connectivity index (χ4n) is 6.07. The van der Waals surface area contributed by atoms with E-state index in [9.17, 15) is 9.59 Å². The van der Waals surface area contributed by atoms with Crippen LogP contribution in [0.25, 0.3) is 0 Å². The van der Waals surface area contributed by atoms with Crippen molar-refractivity contribution in [3.05, 3.63) is 24.5 Å². The highest BCUT2D eigenvalue weighted by atomic mass is 16.6. The first-order chi connectivity index (χ1) is 15.6. The van der Waals surface area contributed by atoms with Crippen molar-refractivity contribution >= 4 is 12.0 Å². The van der Waals surface area contributed by atoms with Crippen LogP contribution in [0.4, 0.5) is 4.79 Å². The van der Waals surface area contributed by atoms with E-state index in [4.69, 9.17) is 4.74 Å². The summed E-state index contributed by atoms with van der Waals surface area (Å²) in [5, 5.41) is 2.36. The molecule has 1 saturated carbocycles. The standard InChI is InChI=1S/C25H39N5O3/c1-17-14-29(24(32)33-21-7-6-10-26-13-21)23-11-19(8-9-22(23)30(17)18(2)31)20-12-27-28(15-20)16-25(3,4)5/h6-7,10,13,17,19-20,22-23,27H,8-9,11-12,14-16H2,1-5H3/t17-,19?,20?,22?,23?/m0/s1. The highest BCUT2D eigenvalue weighted by molar-refractivity contribution is 5.76. The second-order valence-electron chi connectivity index (χ2n) is 11.3. The number of piperazine rings is 1. The Balaban J connectivity index is 1.49. The molecule has 3 fully saturated rings. The molecule has 0 radical (unpaired) electrons. The minimum atomic E-state index is -0.340. The summed E-state index contributed by atoms with van der Waals surface area (Å²) in [6, 6.07) is 3.50. The van der Waals surface area contributed by atoms with Gasteiger partial charge in [-0.3, -0.25) is 15.2 Å². The third-order valence-corrected chi connectivity index (χ3v) is 7.32. The van der Waals surface area contributed by atoms with E-state index in [2.05, 4.69) is 36.2 Å². The van der Waals surface area contributed by atoms with Gasteiger partial charge in [0.1, 0.15) is 0 Å². The van der Waals surface area contributed by atoms with Gasteiger partial charge in [0.2, 0.25) is 5.91 Å². The van der Waals surface area contributed by atoms with Gasteiger partial charge >= 0.3 is 6.09 Å². The molecule has 8 heteroatoms. The van der Waals surface area contributed by atoms with Crippen molar-refractivity contribution in [2.24, 2.45) is 17.3 Å². The number of hydrazine groups is 1. The van der Waals surface area contributed by atoms with Crippen LogP contribution in [0.1, 0.15) is 53.9 Å². The van der Waals surface area contributed by atoms with Gasteiger partial charge in [0.05, 0.1) is 18.3 Å². The molecular formula is C25H39N5O3. The molecule has 1 aromatic heterocycles. The molecule has 1 aromatic rings. The van der Waals surface area contributed by atoms with Crippen LogP contribution in [-0.4, -0.2) is 76.1 Å². The number of hydrogen-bond acceptors (Lipinski definition) is 6. The van der Waals surface area contributed by atoms with E-state index in [1.54, 1.807) is 31.5 Å². The van der Waals surface area contributed by atoms with Crippen molar-refractivity contribution < 1.29 is 14.3 Å². The molecule has 8 nitrogen and oxygen atoms in total. The molecule has 3 heterocycles. The number of pyridine rings is 1. The topological polar surface area (TPSA) is 78.0 Å². The number of rotatable bonds is 3. The van der Waals surface area contributed by atoms with E-state index < -0.39 is 0 Å². The summed E-state index contributed by atoms with van der Waals surface area (Å²) in [5.41, 5.74) is 3.83. The first-order valence-electron chi connectivity index (χ1n) is 12.3. The molecule has 0 aromatic carbocycles. The van der Waals surface area contributed by atoms with Crippen LogP contribution in [0.2, 0.25) is 0 Å². The highest BCUT2D eigenvalue weighted by Gasteiger charge is 2.48. The summed E-state index contributed by atoms with van der Waals surface area (Å²) in [7, 11) is 0. The van der Waals surface area contributed by atoms with E-state index in [0.717, 1.165) is 38.9 Å². The van der Waals surface area contributed by atoms with Gasteiger partial charge in [-0.2, -0.15) is 0 Å². The van der Waals surface area contributed by atoms with Crippen LogP contribution < -0.4 is 10.2 Å². The molecule has 2 amide bonds. The number of nitrogens with one attached hydrogen (secondary N) is 1. The Labute approximate surface area is 197 Å². The third-order valence-electron chi connectivity index (χ3n) is 7.32. The summed E-state index contributed by atoms with van der Waals surface area (Å²) >= 11 is 0. The maximum Gasteiger partial charge on any atom is 0.415 e. The van der Waals surface area contributed by atoms with E-state index in [-0.39, 0.29) is 35.5 Å². The molecule has 1 N–H and O–H groups in total. The first kappa shape index (κ1) is 24.0. The Hall–Kier alpha value is -2.19. The normalized spacial score (nSPS) is 30.8. The molecule has 2 aliphatic heterocycles. The van der Waals surface area contributed by atoms with Crippen LogP contribution in [0, 0.1) is 17.3 Å². The van der Waals surface area contributed by atoms with Gasteiger partial charge in [0.25, 0.3) is 0 Å². The molecule has 5 atom stereocenters. The maximum atomic E-state index is 13.2. The lowest BCUT2D eigenvalue weighted by Gasteiger charge is -2.53. The highest BCUT2D eigenvalue weighted by Crippen LogP contribution is 2.40.